The molecule has 1 saturated heterocycles. The first kappa shape index (κ1) is 19.5. The molecule has 0 aliphatic carbocycles. The maximum absolute atomic E-state index is 13.0. The van der Waals surface area contributed by atoms with Gasteiger partial charge in [-0.3, -0.25) is 14.4 Å². The van der Waals surface area contributed by atoms with Crippen LogP contribution in [0.4, 0.5) is 4.79 Å². The number of carbonyl (C=O) groups is 3. The lowest BCUT2D eigenvalue weighted by Gasteiger charge is -2.49. The number of halogens is 2. The highest BCUT2D eigenvalue weighted by molar-refractivity contribution is 6.63. The normalized spacial score (nSPS) is 19.2. The lowest BCUT2D eigenvalue weighted by Crippen LogP contribution is -2.66. The Morgan fingerprint density at radius 3 is 2.40 bits per heavy atom. The molecule has 1 aliphatic heterocycles. The van der Waals surface area contributed by atoms with E-state index in [2.05, 4.69) is 0 Å². The maximum atomic E-state index is 13.0. The minimum absolute atomic E-state index is 0.0285. The summed E-state index contributed by atoms with van der Waals surface area (Å²) in [6, 6.07) is 7.09. The van der Waals surface area contributed by atoms with Crippen molar-refractivity contribution in [1.29, 1.82) is 0 Å². The zero-order valence-corrected chi connectivity index (χ0v) is 15.4. The van der Waals surface area contributed by atoms with Gasteiger partial charge in [-0.25, -0.2) is 0 Å². The van der Waals surface area contributed by atoms with Gasteiger partial charge in [0, 0.05) is 31.1 Å². The topological polar surface area (TPSA) is 77.9 Å². The molecule has 6 nitrogen and oxygen atoms in total. The van der Waals surface area contributed by atoms with E-state index in [4.69, 9.17) is 28.3 Å². The molecule has 0 spiro atoms. The number of aliphatic carboxylic acids is 1. The summed E-state index contributed by atoms with van der Waals surface area (Å²) >= 11 is 11.4. The van der Waals surface area contributed by atoms with E-state index in [0.29, 0.717) is 31.0 Å². The van der Waals surface area contributed by atoms with Gasteiger partial charge in [-0.1, -0.05) is 23.7 Å². The van der Waals surface area contributed by atoms with Gasteiger partial charge in [0.15, 0.2) is 0 Å². The van der Waals surface area contributed by atoms with Crippen LogP contribution in [0.3, 0.4) is 0 Å². The Morgan fingerprint density at radius 1 is 1.28 bits per heavy atom. The molecule has 0 bridgehead atoms. The molecule has 8 heteroatoms. The van der Waals surface area contributed by atoms with Crippen molar-refractivity contribution < 1.29 is 19.5 Å². The van der Waals surface area contributed by atoms with Gasteiger partial charge in [0.05, 0.1) is 0 Å². The molecule has 1 aromatic rings. The van der Waals surface area contributed by atoms with Crippen LogP contribution in [0.1, 0.15) is 31.7 Å². The Labute approximate surface area is 156 Å². The molecule has 1 fully saturated rings. The number of amides is 2. The highest BCUT2D eigenvalue weighted by Gasteiger charge is 2.50. The molecular weight excluding hydrogens is 367 g/mol. The Morgan fingerprint density at radius 2 is 1.92 bits per heavy atom. The zero-order chi connectivity index (χ0) is 18.6. The molecule has 136 valence electrons. The SMILES string of the molecule is CC1(C(=O)N(CCCC(=O)O)Cc2ccc(Cl)cc2)CCN1C(=O)Cl. The highest BCUT2D eigenvalue weighted by Crippen LogP contribution is 2.34. The summed E-state index contributed by atoms with van der Waals surface area (Å²) < 4.78 is 0. The predicted molar refractivity (Wildman–Crippen MR) is 94.7 cm³/mol. The van der Waals surface area contributed by atoms with Crippen molar-refractivity contribution in [3.05, 3.63) is 34.9 Å². The molecule has 1 N–H and O–H groups in total. The summed E-state index contributed by atoms with van der Waals surface area (Å²) in [4.78, 5) is 38.2. The van der Waals surface area contributed by atoms with Crippen LogP contribution < -0.4 is 0 Å². The van der Waals surface area contributed by atoms with Crippen LogP contribution in [0.2, 0.25) is 5.02 Å². The number of likely N-dealkylation sites (tertiary alicyclic amines) is 1. The average molecular weight is 387 g/mol. The molecule has 0 saturated carbocycles. The molecule has 1 heterocycles. The first-order chi connectivity index (χ1) is 11.7. The van der Waals surface area contributed by atoms with E-state index in [-0.39, 0.29) is 18.9 Å². The number of benzene rings is 1. The van der Waals surface area contributed by atoms with E-state index in [9.17, 15) is 14.4 Å². The van der Waals surface area contributed by atoms with Crippen molar-refractivity contribution in [3.8, 4) is 0 Å². The van der Waals surface area contributed by atoms with Crippen molar-refractivity contribution >= 4 is 40.4 Å². The summed E-state index contributed by atoms with van der Waals surface area (Å²) in [6.45, 7) is 2.73. The van der Waals surface area contributed by atoms with Crippen LogP contribution in [0.25, 0.3) is 0 Å². The second-order valence-electron chi connectivity index (χ2n) is 6.28. The van der Waals surface area contributed by atoms with Gasteiger partial charge in [0.1, 0.15) is 5.54 Å². The fourth-order valence-corrected chi connectivity index (χ4v) is 3.28. The molecular formula is C17H20Cl2N2O4. The molecule has 1 atom stereocenters. The van der Waals surface area contributed by atoms with Crippen LogP contribution in [0.15, 0.2) is 24.3 Å². The molecule has 1 aromatic carbocycles. The summed E-state index contributed by atoms with van der Waals surface area (Å²) in [6.07, 6.45) is 0.833. The molecule has 0 radical (unpaired) electrons. The monoisotopic (exact) mass is 386 g/mol. The first-order valence-corrected chi connectivity index (χ1v) is 8.72. The summed E-state index contributed by atoms with van der Waals surface area (Å²) in [5, 5.41) is 8.77. The second kappa shape index (κ2) is 8.06. The van der Waals surface area contributed by atoms with Gasteiger partial charge in [-0.05, 0) is 49.1 Å². The fourth-order valence-electron chi connectivity index (χ4n) is 2.89. The Balaban J connectivity index is 2.15. The van der Waals surface area contributed by atoms with Gasteiger partial charge in [0.2, 0.25) is 5.91 Å². The number of carboxylic acid groups (broad SMARTS) is 1. The van der Waals surface area contributed by atoms with Crippen LogP contribution >= 0.6 is 23.2 Å². The van der Waals surface area contributed by atoms with E-state index in [1.54, 1.807) is 24.0 Å². The largest absolute Gasteiger partial charge is 0.481 e. The lowest BCUT2D eigenvalue weighted by molar-refractivity contribution is -0.149. The molecule has 25 heavy (non-hydrogen) atoms. The van der Waals surface area contributed by atoms with Gasteiger partial charge in [0.25, 0.3) is 0 Å². The highest BCUT2D eigenvalue weighted by atomic mass is 35.5. The number of nitrogens with zero attached hydrogens (tertiary/aromatic N) is 2. The fraction of sp³-hybridized carbons (Fsp3) is 0.471. The maximum Gasteiger partial charge on any atom is 0.317 e. The quantitative estimate of drug-likeness (QED) is 0.575. The van der Waals surface area contributed by atoms with E-state index in [0.717, 1.165) is 5.56 Å². The first-order valence-electron chi connectivity index (χ1n) is 7.97. The van der Waals surface area contributed by atoms with Crippen LogP contribution in [0.5, 0.6) is 0 Å². The van der Waals surface area contributed by atoms with Crippen molar-refractivity contribution in [3.63, 3.8) is 0 Å². The van der Waals surface area contributed by atoms with Crippen molar-refractivity contribution in [2.45, 2.75) is 38.3 Å². The zero-order valence-electron chi connectivity index (χ0n) is 13.9. The second-order valence-corrected chi connectivity index (χ2v) is 7.04. The van der Waals surface area contributed by atoms with E-state index >= 15 is 0 Å². The van der Waals surface area contributed by atoms with E-state index in [1.807, 2.05) is 12.1 Å². The van der Waals surface area contributed by atoms with E-state index < -0.39 is 16.9 Å². The number of hydrogen-bond acceptors (Lipinski definition) is 3. The molecule has 2 amide bonds. The van der Waals surface area contributed by atoms with Gasteiger partial charge >= 0.3 is 11.3 Å². The third-order valence-corrected chi connectivity index (χ3v) is 4.94. The Hall–Kier alpha value is -1.79. The molecule has 0 aromatic heterocycles. The van der Waals surface area contributed by atoms with Gasteiger partial charge < -0.3 is 14.9 Å². The van der Waals surface area contributed by atoms with Crippen LogP contribution in [-0.2, 0) is 16.1 Å². The van der Waals surface area contributed by atoms with Gasteiger partial charge in [-0.15, -0.1) is 0 Å². The standard InChI is InChI=1S/C17H20Cl2N2O4/c1-17(8-10-21(17)16(19)25)15(24)20(9-2-3-14(22)23)11-12-4-6-13(18)7-5-12/h4-7H,2-3,8-11H2,1H3,(H,22,23). The summed E-state index contributed by atoms with van der Waals surface area (Å²) in [7, 11) is 0. The van der Waals surface area contributed by atoms with Crippen LogP contribution in [0, 0.1) is 0 Å². The number of carbonyl (C=O) groups excluding carboxylic acids is 2. The van der Waals surface area contributed by atoms with Gasteiger partial charge in [-0.2, -0.15) is 0 Å². The number of carboxylic acids is 1. The minimum Gasteiger partial charge on any atom is -0.481 e. The van der Waals surface area contributed by atoms with Crippen molar-refractivity contribution in [2.24, 2.45) is 0 Å². The number of hydrogen-bond donors (Lipinski definition) is 1. The lowest BCUT2D eigenvalue weighted by atomic mass is 9.85. The Bertz CT molecular complexity index is 665. The van der Waals surface area contributed by atoms with Crippen molar-refractivity contribution in [1.82, 2.24) is 9.80 Å². The summed E-state index contributed by atoms with van der Waals surface area (Å²) in [5.74, 6) is -1.14. The molecule has 1 unspecified atom stereocenters. The predicted octanol–water partition coefficient (Wildman–Crippen LogP) is 3.36. The minimum atomic E-state index is -0.978. The molecule has 2 rings (SSSR count). The smallest absolute Gasteiger partial charge is 0.317 e. The third kappa shape index (κ3) is 4.64. The number of rotatable bonds is 7. The van der Waals surface area contributed by atoms with Crippen molar-refractivity contribution in [2.75, 3.05) is 13.1 Å². The average Bonchev–Trinajstić information content (AvgIpc) is 2.52. The Kier molecular flexibility index (Phi) is 6.30. The van der Waals surface area contributed by atoms with Crippen LogP contribution in [-0.4, -0.2) is 50.8 Å². The summed E-state index contributed by atoms with van der Waals surface area (Å²) in [5.41, 5.74) is -0.103. The third-order valence-electron chi connectivity index (χ3n) is 4.48. The molecule has 1 aliphatic rings. The van der Waals surface area contributed by atoms with E-state index in [1.165, 1.54) is 4.90 Å².